The van der Waals surface area contributed by atoms with Crippen molar-refractivity contribution in [2.24, 2.45) is 0 Å². The maximum Gasteiger partial charge on any atom is 0.335 e. The standard InChI is InChI=1S/C49H69ClFN9O12/c1-49(2,15-22-68-25-27-70-28-29-71-35-40-34-59(56-55-40)20-23-69-26-24-67-21-14-45(63)72-60-43(61)12-13-44(60)62)57(3)17-7-16-52-47(65)48(66)53-32-37-9-8-36(30-38(37)33-58-18-5-4-6-19-58)46(64)54-39-10-11-41(50)42(51)31-39/h8-11,30-31,34H,4-7,12-29,32-33,35H2,1-3H3,(H,52,65)(H,53,66)(H,54,64). The average molecular weight is 1030 g/mol. The van der Waals surface area contributed by atoms with E-state index in [0.29, 0.717) is 95.2 Å². The number of nitrogens with zero attached hydrogens (tertiary/aromatic N) is 6. The highest BCUT2D eigenvalue weighted by atomic mass is 35.5. The second-order valence-corrected chi connectivity index (χ2v) is 18.4. The van der Waals surface area contributed by atoms with Crippen LogP contribution in [-0.2, 0) is 78.7 Å². The van der Waals surface area contributed by atoms with E-state index in [1.54, 1.807) is 29.1 Å². The molecule has 2 aromatic carbocycles. The average Bonchev–Trinajstić information content (AvgIpc) is 3.95. The monoisotopic (exact) mass is 1030 g/mol. The number of benzene rings is 2. The molecule has 21 nitrogen and oxygen atoms in total. The summed E-state index contributed by atoms with van der Waals surface area (Å²) in [6, 6.07) is 9.27. The van der Waals surface area contributed by atoms with Crippen molar-refractivity contribution in [2.45, 2.75) is 97.0 Å². The zero-order valence-electron chi connectivity index (χ0n) is 41.6. The maximum atomic E-state index is 14.0. The molecule has 0 unspecified atom stereocenters. The smallest absolute Gasteiger partial charge is 0.335 e. The molecule has 396 valence electrons. The van der Waals surface area contributed by atoms with Crippen molar-refractivity contribution < 1.29 is 61.7 Å². The predicted molar refractivity (Wildman–Crippen MR) is 260 cm³/mol. The molecule has 2 aliphatic heterocycles. The van der Waals surface area contributed by atoms with E-state index in [9.17, 15) is 33.2 Å². The van der Waals surface area contributed by atoms with Crippen molar-refractivity contribution in [3.63, 3.8) is 0 Å². The van der Waals surface area contributed by atoms with Crippen LogP contribution in [0.25, 0.3) is 0 Å². The first kappa shape index (κ1) is 57.4. The van der Waals surface area contributed by atoms with Crippen LogP contribution >= 0.6 is 11.6 Å². The summed E-state index contributed by atoms with van der Waals surface area (Å²) in [5.41, 5.74) is 2.80. The molecule has 0 saturated carbocycles. The van der Waals surface area contributed by atoms with Crippen molar-refractivity contribution in [3.8, 4) is 0 Å². The Bertz CT molecular complexity index is 2230. The van der Waals surface area contributed by atoms with E-state index in [4.69, 9.17) is 40.1 Å². The van der Waals surface area contributed by atoms with Crippen molar-refractivity contribution in [1.29, 1.82) is 0 Å². The molecular weight excluding hydrogens is 961 g/mol. The summed E-state index contributed by atoms with van der Waals surface area (Å²) in [5.74, 6) is -4.27. The number of piperidine rings is 1. The van der Waals surface area contributed by atoms with Crippen LogP contribution < -0.4 is 16.0 Å². The van der Waals surface area contributed by atoms with Crippen LogP contribution in [-0.4, -0.2) is 164 Å². The molecule has 3 aromatic rings. The minimum Gasteiger partial charge on any atom is -0.379 e. The molecule has 0 atom stereocenters. The third kappa shape index (κ3) is 20.2. The first-order valence-electron chi connectivity index (χ1n) is 24.4. The largest absolute Gasteiger partial charge is 0.379 e. The van der Waals surface area contributed by atoms with Crippen LogP contribution in [0.1, 0.15) is 92.4 Å². The number of hydroxylamine groups is 2. The molecule has 1 aromatic heterocycles. The SMILES string of the molecule is CN(CCCNC(=O)C(=O)NCc1ccc(C(=O)Nc2ccc(Cl)c(F)c2)cc1CN1CCCCC1)C(C)(C)CCOCCOCCOCc1cn(CCOCCOCCC(=O)ON2C(=O)CCC2=O)nn1. The molecule has 3 heterocycles. The summed E-state index contributed by atoms with van der Waals surface area (Å²) in [5, 5.41) is 16.8. The zero-order chi connectivity index (χ0) is 51.7. The molecule has 5 rings (SSSR count). The van der Waals surface area contributed by atoms with Crippen molar-refractivity contribution in [3.05, 3.63) is 75.8 Å². The number of aromatic nitrogens is 3. The van der Waals surface area contributed by atoms with E-state index >= 15 is 0 Å². The number of rotatable bonds is 32. The van der Waals surface area contributed by atoms with E-state index in [0.717, 1.165) is 49.5 Å². The Balaban J connectivity index is 0.855. The van der Waals surface area contributed by atoms with Gasteiger partial charge in [-0.25, -0.2) is 13.9 Å². The number of carbonyl (C=O) groups is 6. The lowest BCUT2D eigenvalue weighted by molar-refractivity contribution is -0.198. The van der Waals surface area contributed by atoms with Gasteiger partial charge in [-0.3, -0.25) is 28.9 Å². The molecule has 5 amide bonds. The van der Waals surface area contributed by atoms with Gasteiger partial charge in [0.1, 0.15) is 11.5 Å². The Morgan fingerprint density at radius 2 is 1.47 bits per heavy atom. The first-order valence-corrected chi connectivity index (χ1v) is 24.8. The fourth-order valence-corrected chi connectivity index (χ4v) is 7.58. The molecule has 0 spiro atoms. The highest BCUT2D eigenvalue weighted by Crippen LogP contribution is 2.22. The number of nitrogens with one attached hydrogen (secondary N) is 3. The molecule has 0 radical (unpaired) electrons. The number of imide groups is 1. The Labute approximate surface area is 424 Å². The molecule has 0 bridgehead atoms. The number of ether oxygens (including phenoxy) is 5. The Morgan fingerprint density at radius 1 is 0.806 bits per heavy atom. The van der Waals surface area contributed by atoms with E-state index in [-0.39, 0.29) is 61.9 Å². The maximum absolute atomic E-state index is 14.0. The lowest BCUT2D eigenvalue weighted by Crippen LogP contribution is -2.44. The van der Waals surface area contributed by atoms with E-state index in [2.05, 4.69) is 49.9 Å². The van der Waals surface area contributed by atoms with Gasteiger partial charge >= 0.3 is 17.8 Å². The fraction of sp³-hybridized carbons (Fsp3) is 0.592. The minimum atomic E-state index is -0.742. The van der Waals surface area contributed by atoms with Crippen molar-refractivity contribution in [2.75, 3.05) is 98.0 Å². The lowest BCUT2D eigenvalue weighted by atomic mass is 9.99. The van der Waals surface area contributed by atoms with E-state index < -0.39 is 41.3 Å². The van der Waals surface area contributed by atoms with Gasteiger partial charge in [0.15, 0.2) is 0 Å². The van der Waals surface area contributed by atoms with Gasteiger partial charge in [-0.15, -0.1) is 10.2 Å². The summed E-state index contributed by atoms with van der Waals surface area (Å²) >= 11 is 5.79. The number of anilines is 1. The van der Waals surface area contributed by atoms with E-state index in [1.807, 2.05) is 7.05 Å². The number of amides is 5. The summed E-state index contributed by atoms with van der Waals surface area (Å²) in [6.45, 7) is 11.7. The zero-order valence-corrected chi connectivity index (χ0v) is 42.3. The Morgan fingerprint density at radius 3 is 2.19 bits per heavy atom. The highest BCUT2D eigenvalue weighted by Gasteiger charge is 2.32. The van der Waals surface area contributed by atoms with Gasteiger partial charge in [0.25, 0.3) is 17.7 Å². The number of carbonyl (C=O) groups excluding carboxylic acids is 6. The Kier molecular flexibility index (Phi) is 24.4. The number of hydrogen-bond donors (Lipinski definition) is 3. The second kappa shape index (κ2) is 30.5. The minimum absolute atomic E-state index is 0.0382. The van der Waals surface area contributed by atoms with Crippen LogP contribution in [0.4, 0.5) is 10.1 Å². The molecule has 2 fully saturated rings. The van der Waals surface area contributed by atoms with Crippen LogP contribution in [0.15, 0.2) is 42.6 Å². The molecule has 2 saturated heterocycles. The van der Waals surface area contributed by atoms with Gasteiger partial charge in [-0.05, 0) is 101 Å². The topological polar surface area (TPSA) is 234 Å². The van der Waals surface area contributed by atoms with E-state index in [1.165, 1.54) is 18.6 Å². The van der Waals surface area contributed by atoms with Crippen LogP contribution in [0.5, 0.6) is 0 Å². The number of halogens is 2. The van der Waals surface area contributed by atoms with Gasteiger partial charge in [0.2, 0.25) is 0 Å². The van der Waals surface area contributed by atoms with Crippen LogP contribution in [0.2, 0.25) is 5.02 Å². The predicted octanol–water partition coefficient (Wildman–Crippen LogP) is 3.81. The molecule has 3 N–H and O–H groups in total. The van der Waals surface area contributed by atoms with Gasteiger partial charge in [0, 0.05) is 62.4 Å². The molecule has 0 aliphatic carbocycles. The van der Waals surface area contributed by atoms with Gasteiger partial charge in [0.05, 0.1) is 83.6 Å². The number of likely N-dealkylation sites (tertiary alicyclic amines) is 1. The van der Waals surface area contributed by atoms with Crippen LogP contribution in [0, 0.1) is 5.82 Å². The second-order valence-electron chi connectivity index (χ2n) is 17.9. The molecule has 72 heavy (non-hydrogen) atoms. The molecule has 2 aliphatic rings. The molecule has 23 heteroatoms. The van der Waals surface area contributed by atoms with Gasteiger partial charge in [-0.1, -0.05) is 29.3 Å². The fourth-order valence-electron chi connectivity index (χ4n) is 7.46. The third-order valence-corrected chi connectivity index (χ3v) is 12.4. The first-order chi connectivity index (χ1) is 34.7. The Hall–Kier alpha value is -5.46. The quantitative estimate of drug-likeness (QED) is 0.0458. The normalized spacial score (nSPS) is 14.3. The summed E-state index contributed by atoms with van der Waals surface area (Å²) in [7, 11) is 2.02. The lowest BCUT2D eigenvalue weighted by Gasteiger charge is -2.35. The van der Waals surface area contributed by atoms with Crippen LogP contribution in [0.3, 0.4) is 0 Å². The van der Waals surface area contributed by atoms with Crippen molar-refractivity contribution >= 4 is 52.8 Å². The third-order valence-electron chi connectivity index (χ3n) is 12.0. The number of hydrogen-bond acceptors (Lipinski definition) is 16. The summed E-state index contributed by atoms with van der Waals surface area (Å²) in [4.78, 5) is 82.8. The van der Waals surface area contributed by atoms with Gasteiger partial charge < -0.3 is 49.4 Å². The molecular formula is C49H69ClFN9O12. The summed E-state index contributed by atoms with van der Waals surface area (Å²) < 4.78 is 43.6. The van der Waals surface area contributed by atoms with Gasteiger partial charge in [-0.2, -0.15) is 0 Å². The summed E-state index contributed by atoms with van der Waals surface area (Å²) in [6.07, 6.45) is 6.48. The highest BCUT2D eigenvalue weighted by molar-refractivity contribution is 6.35. The van der Waals surface area contributed by atoms with Crippen molar-refractivity contribution in [1.82, 2.24) is 40.5 Å².